The number of halogens is 1. The average Bonchev–Trinajstić information content (AvgIpc) is 2.94. The Morgan fingerprint density at radius 3 is 2.95 bits per heavy atom. The molecule has 0 bridgehead atoms. The standard InChI is InChI=1S/C16H19BrN2S/c1-10-3-2-6-19(10)13-7-11(8-13)16-18-14-5-4-12(17)9-15(14)20-16/h4-5,9-11,13H,2-3,6-8H2,1H3. The van der Waals surface area contributed by atoms with Crippen LogP contribution in [0, 0.1) is 0 Å². The number of rotatable bonds is 2. The maximum atomic E-state index is 4.84. The van der Waals surface area contributed by atoms with Crippen LogP contribution in [-0.4, -0.2) is 28.5 Å². The minimum atomic E-state index is 0.698. The molecule has 1 saturated carbocycles. The number of fused-ring (bicyclic) bond motifs is 1. The third kappa shape index (κ3) is 2.22. The summed E-state index contributed by atoms with van der Waals surface area (Å²) in [6.07, 6.45) is 5.39. The second-order valence-corrected chi connectivity index (χ2v) is 8.19. The second-order valence-electron chi connectivity index (χ2n) is 6.22. The Labute approximate surface area is 132 Å². The summed E-state index contributed by atoms with van der Waals surface area (Å²) >= 11 is 5.42. The van der Waals surface area contributed by atoms with Crippen LogP contribution in [0.4, 0.5) is 0 Å². The van der Waals surface area contributed by atoms with Gasteiger partial charge in [-0.3, -0.25) is 4.90 Å². The minimum Gasteiger partial charge on any atom is -0.298 e. The topological polar surface area (TPSA) is 16.1 Å². The van der Waals surface area contributed by atoms with Gasteiger partial charge in [0.25, 0.3) is 0 Å². The third-order valence-corrected chi connectivity index (χ3v) is 6.58. The van der Waals surface area contributed by atoms with Crippen LogP contribution < -0.4 is 0 Å². The average molecular weight is 351 g/mol. The van der Waals surface area contributed by atoms with E-state index in [9.17, 15) is 0 Å². The van der Waals surface area contributed by atoms with Crippen LogP contribution in [0.1, 0.15) is 43.5 Å². The van der Waals surface area contributed by atoms with Crippen LogP contribution in [0.25, 0.3) is 10.2 Å². The molecule has 1 unspecified atom stereocenters. The van der Waals surface area contributed by atoms with E-state index in [4.69, 9.17) is 4.98 Å². The van der Waals surface area contributed by atoms with Crippen molar-refractivity contribution >= 4 is 37.5 Å². The maximum Gasteiger partial charge on any atom is 0.0970 e. The van der Waals surface area contributed by atoms with E-state index >= 15 is 0 Å². The zero-order valence-electron chi connectivity index (χ0n) is 11.7. The fraction of sp³-hybridized carbons (Fsp3) is 0.562. The smallest absolute Gasteiger partial charge is 0.0970 e. The Morgan fingerprint density at radius 1 is 1.35 bits per heavy atom. The summed E-state index contributed by atoms with van der Waals surface area (Å²) in [5, 5.41) is 1.35. The molecule has 1 aromatic carbocycles. The van der Waals surface area contributed by atoms with E-state index in [1.54, 1.807) is 0 Å². The molecule has 4 rings (SSSR count). The van der Waals surface area contributed by atoms with E-state index in [1.807, 2.05) is 11.3 Å². The first kappa shape index (κ1) is 13.2. The van der Waals surface area contributed by atoms with Gasteiger partial charge in [0.2, 0.25) is 0 Å². The van der Waals surface area contributed by atoms with Crippen molar-refractivity contribution in [2.75, 3.05) is 6.54 Å². The summed E-state index contributed by atoms with van der Waals surface area (Å²) in [6, 6.07) is 8.01. The number of likely N-dealkylation sites (tertiary alicyclic amines) is 1. The van der Waals surface area contributed by atoms with E-state index in [2.05, 4.69) is 46.0 Å². The number of nitrogens with zero attached hydrogens (tertiary/aromatic N) is 2. The van der Waals surface area contributed by atoms with Crippen molar-refractivity contribution in [3.8, 4) is 0 Å². The van der Waals surface area contributed by atoms with Crippen LogP contribution in [0.3, 0.4) is 0 Å². The second kappa shape index (κ2) is 5.08. The molecule has 20 heavy (non-hydrogen) atoms. The molecular weight excluding hydrogens is 332 g/mol. The molecule has 1 saturated heterocycles. The molecule has 106 valence electrons. The lowest BCUT2D eigenvalue weighted by atomic mass is 9.79. The lowest BCUT2D eigenvalue weighted by molar-refractivity contribution is 0.103. The fourth-order valence-electron chi connectivity index (χ4n) is 3.65. The van der Waals surface area contributed by atoms with Crippen LogP contribution in [0.15, 0.2) is 22.7 Å². The number of hydrogen-bond donors (Lipinski definition) is 0. The summed E-state index contributed by atoms with van der Waals surface area (Å²) in [4.78, 5) is 7.56. The zero-order valence-corrected chi connectivity index (χ0v) is 14.1. The molecule has 2 fully saturated rings. The van der Waals surface area contributed by atoms with Gasteiger partial charge in [-0.25, -0.2) is 4.98 Å². The number of benzene rings is 1. The van der Waals surface area contributed by atoms with Crippen molar-refractivity contribution < 1.29 is 0 Å². The largest absolute Gasteiger partial charge is 0.298 e. The Bertz CT molecular complexity index is 632. The quantitative estimate of drug-likeness (QED) is 0.773. The summed E-state index contributed by atoms with van der Waals surface area (Å²) in [6.45, 7) is 3.70. The highest BCUT2D eigenvalue weighted by Gasteiger charge is 2.39. The molecule has 0 amide bonds. The van der Waals surface area contributed by atoms with Gasteiger partial charge in [-0.1, -0.05) is 15.9 Å². The molecule has 0 N–H and O–H groups in total. The molecule has 0 radical (unpaired) electrons. The molecule has 1 atom stereocenters. The number of aromatic nitrogens is 1. The first-order chi connectivity index (χ1) is 9.70. The van der Waals surface area contributed by atoms with Gasteiger partial charge in [0, 0.05) is 22.5 Å². The van der Waals surface area contributed by atoms with Gasteiger partial charge >= 0.3 is 0 Å². The Morgan fingerprint density at radius 2 is 2.20 bits per heavy atom. The van der Waals surface area contributed by atoms with E-state index in [0.717, 1.165) is 22.1 Å². The maximum absolute atomic E-state index is 4.84. The van der Waals surface area contributed by atoms with E-state index < -0.39 is 0 Å². The molecule has 0 spiro atoms. The highest BCUT2D eigenvalue weighted by atomic mass is 79.9. The van der Waals surface area contributed by atoms with Crippen molar-refractivity contribution in [3.63, 3.8) is 0 Å². The predicted octanol–water partition coefficient (Wildman–Crippen LogP) is 4.79. The van der Waals surface area contributed by atoms with Crippen LogP contribution >= 0.6 is 27.3 Å². The zero-order chi connectivity index (χ0) is 13.7. The van der Waals surface area contributed by atoms with Crippen molar-refractivity contribution in [2.45, 2.75) is 50.6 Å². The molecule has 1 aromatic heterocycles. The number of thiazole rings is 1. The van der Waals surface area contributed by atoms with Crippen molar-refractivity contribution in [1.82, 2.24) is 9.88 Å². The van der Waals surface area contributed by atoms with Crippen LogP contribution in [-0.2, 0) is 0 Å². The molecule has 1 aliphatic heterocycles. The van der Waals surface area contributed by atoms with Crippen LogP contribution in [0.5, 0.6) is 0 Å². The molecule has 2 heterocycles. The third-order valence-electron chi connectivity index (χ3n) is 4.90. The minimum absolute atomic E-state index is 0.698. The first-order valence-electron chi connectivity index (χ1n) is 7.52. The Balaban J connectivity index is 1.49. The Hall–Kier alpha value is -0.450. The highest BCUT2D eigenvalue weighted by molar-refractivity contribution is 9.10. The van der Waals surface area contributed by atoms with Crippen molar-refractivity contribution in [3.05, 3.63) is 27.7 Å². The lowest BCUT2D eigenvalue weighted by Gasteiger charge is -2.42. The van der Waals surface area contributed by atoms with Gasteiger partial charge in [-0.15, -0.1) is 11.3 Å². The van der Waals surface area contributed by atoms with Gasteiger partial charge in [-0.05, 0) is 57.4 Å². The van der Waals surface area contributed by atoms with Gasteiger partial charge in [-0.2, -0.15) is 0 Å². The molecule has 2 aromatic rings. The van der Waals surface area contributed by atoms with E-state index in [1.165, 1.54) is 41.9 Å². The normalized spacial score (nSPS) is 30.8. The molecule has 2 aliphatic rings. The predicted molar refractivity (Wildman–Crippen MR) is 88.5 cm³/mol. The Kier molecular flexibility index (Phi) is 3.36. The summed E-state index contributed by atoms with van der Waals surface area (Å²) in [7, 11) is 0. The summed E-state index contributed by atoms with van der Waals surface area (Å²) < 4.78 is 2.46. The molecular formula is C16H19BrN2S. The van der Waals surface area contributed by atoms with Gasteiger partial charge in [0.05, 0.1) is 15.2 Å². The van der Waals surface area contributed by atoms with Gasteiger partial charge in [0.1, 0.15) is 0 Å². The summed E-state index contributed by atoms with van der Waals surface area (Å²) in [5.74, 6) is 0.698. The SMILES string of the molecule is CC1CCCN1C1CC(c2nc3ccc(Br)cc3s2)C1. The van der Waals surface area contributed by atoms with Crippen LogP contribution in [0.2, 0.25) is 0 Å². The molecule has 2 nitrogen and oxygen atoms in total. The van der Waals surface area contributed by atoms with Crippen molar-refractivity contribution in [1.29, 1.82) is 0 Å². The van der Waals surface area contributed by atoms with E-state index in [0.29, 0.717) is 5.92 Å². The molecule has 4 heteroatoms. The van der Waals surface area contributed by atoms with E-state index in [-0.39, 0.29) is 0 Å². The van der Waals surface area contributed by atoms with Gasteiger partial charge in [0.15, 0.2) is 0 Å². The lowest BCUT2D eigenvalue weighted by Crippen LogP contribution is -2.45. The monoisotopic (exact) mass is 350 g/mol. The van der Waals surface area contributed by atoms with Crippen molar-refractivity contribution in [2.24, 2.45) is 0 Å². The fourth-order valence-corrected chi connectivity index (χ4v) is 5.29. The first-order valence-corrected chi connectivity index (χ1v) is 9.13. The molecule has 1 aliphatic carbocycles. The number of hydrogen-bond acceptors (Lipinski definition) is 3. The highest BCUT2D eigenvalue weighted by Crippen LogP contribution is 2.44. The summed E-state index contributed by atoms with van der Waals surface area (Å²) in [5.41, 5.74) is 1.16. The van der Waals surface area contributed by atoms with Gasteiger partial charge < -0.3 is 0 Å².